The molecule has 6 amide bonds. The Hall–Kier alpha value is -5.15. The molecule has 3 rings (SSSR count). The average molecular weight is 972 g/mol. The zero-order chi connectivity index (χ0) is 51.1. The molecule has 2 aliphatic rings. The quantitative estimate of drug-likeness (QED) is 0.0185. The van der Waals surface area contributed by atoms with Crippen LogP contribution in [0.1, 0.15) is 125 Å². The van der Waals surface area contributed by atoms with Gasteiger partial charge in [0, 0.05) is 68.5 Å². The van der Waals surface area contributed by atoms with Gasteiger partial charge in [0.05, 0.1) is 24.8 Å². The van der Waals surface area contributed by atoms with Crippen molar-refractivity contribution in [3.8, 4) is 0 Å². The van der Waals surface area contributed by atoms with E-state index < -0.39 is 41.5 Å². The Labute approximate surface area is 408 Å². The summed E-state index contributed by atoms with van der Waals surface area (Å²) in [6.45, 7) is 14.5. The molecule has 1 aromatic rings. The van der Waals surface area contributed by atoms with Crippen molar-refractivity contribution in [2.45, 2.75) is 143 Å². The van der Waals surface area contributed by atoms with E-state index in [0.717, 1.165) is 18.4 Å². The lowest BCUT2D eigenvalue weighted by molar-refractivity contribution is -0.144. The van der Waals surface area contributed by atoms with E-state index in [2.05, 4.69) is 26.7 Å². The number of amides is 6. The summed E-state index contributed by atoms with van der Waals surface area (Å²) < 4.78 is 16.7. The molecule has 2 fully saturated rings. The van der Waals surface area contributed by atoms with Gasteiger partial charge in [0.15, 0.2) is 0 Å². The lowest BCUT2D eigenvalue weighted by atomic mass is 9.81. The van der Waals surface area contributed by atoms with Crippen LogP contribution in [0.25, 0.3) is 0 Å². The third kappa shape index (κ3) is 21.2. The van der Waals surface area contributed by atoms with Gasteiger partial charge in [-0.05, 0) is 115 Å². The molecule has 0 spiro atoms. The zero-order valence-corrected chi connectivity index (χ0v) is 42.2. The van der Waals surface area contributed by atoms with Gasteiger partial charge in [0.2, 0.25) is 35.4 Å². The molecule has 69 heavy (non-hydrogen) atoms. The average Bonchev–Trinajstić information content (AvgIpc) is 3.58. The van der Waals surface area contributed by atoms with Crippen LogP contribution in [0.4, 0.5) is 5.69 Å². The van der Waals surface area contributed by atoms with Gasteiger partial charge in [0.1, 0.15) is 25.9 Å². The van der Waals surface area contributed by atoms with Crippen LogP contribution in [0.2, 0.25) is 0 Å². The van der Waals surface area contributed by atoms with Crippen molar-refractivity contribution in [3.05, 3.63) is 41.7 Å². The Balaban J connectivity index is 1.33. The molecule has 1 saturated heterocycles. The summed E-state index contributed by atoms with van der Waals surface area (Å²) >= 11 is 0. The largest absolute Gasteiger partial charge is 0.461 e. The van der Waals surface area contributed by atoms with Crippen LogP contribution in [0.5, 0.6) is 0 Å². The summed E-state index contributed by atoms with van der Waals surface area (Å²) in [7, 11) is 1.51. The van der Waals surface area contributed by atoms with E-state index in [1.807, 2.05) is 41.5 Å². The monoisotopic (exact) mass is 972 g/mol. The van der Waals surface area contributed by atoms with Crippen molar-refractivity contribution in [1.82, 2.24) is 31.3 Å². The van der Waals surface area contributed by atoms with Crippen LogP contribution in [0, 0.1) is 23.7 Å². The number of unbranched alkanes of at least 4 members (excludes halogenated alkanes) is 1. The third-order valence-electron chi connectivity index (χ3n) is 12.7. The number of ether oxygens (including phenoxy) is 3. The van der Waals surface area contributed by atoms with Crippen LogP contribution in [0.3, 0.4) is 0 Å². The standard InChI is InChI=1S/C49H81N9O11/c1-9-44(62)68-30-35-15-19-38(20-16-35)55-46(64)40(12-10-11-23-54-66-8)56-42(60)32-67-31-41(59)52-24-21-49(6,7)69-25-22-48(4,5)58(51)29-37(50)27-53-45(63)36-17-13-34(14-18-36)28-57-43(61)26-39(33(2)3)47(57)65/h15-16,19-20,29,33-34,36,39-40,54H,9-14,17-18,21-28,30-32,50-51H2,1-8H3,(H,52,59)(H,53,63)(H,55,64)(H,56,60)/b37-29-. The van der Waals surface area contributed by atoms with Gasteiger partial charge in [-0.25, -0.2) is 11.3 Å². The molecule has 1 heterocycles. The highest BCUT2D eigenvalue weighted by molar-refractivity contribution is 6.03. The Bertz CT molecular complexity index is 1870. The minimum absolute atomic E-state index is 0.0674. The number of hydrazine groups is 1. The molecular weight excluding hydrogens is 891 g/mol. The van der Waals surface area contributed by atoms with Crippen LogP contribution < -0.4 is 38.3 Å². The number of rotatable bonds is 31. The van der Waals surface area contributed by atoms with Crippen molar-refractivity contribution in [2.24, 2.45) is 35.2 Å². The molecule has 20 heteroatoms. The molecule has 1 aliphatic heterocycles. The molecule has 388 valence electrons. The highest BCUT2D eigenvalue weighted by Crippen LogP contribution is 2.33. The maximum atomic E-state index is 13.2. The Morgan fingerprint density at radius 3 is 2.25 bits per heavy atom. The summed E-state index contributed by atoms with van der Waals surface area (Å²) in [5.41, 5.74) is 9.54. The summed E-state index contributed by atoms with van der Waals surface area (Å²) in [4.78, 5) is 94.7. The van der Waals surface area contributed by atoms with Gasteiger partial charge in [-0.15, -0.1) is 0 Å². The van der Waals surface area contributed by atoms with Crippen molar-refractivity contribution < 1.29 is 52.6 Å². The van der Waals surface area contributed by atoms with Gasteiger partial charge < -0.3 is 51.1 Å². The van der Waals surface area contributed by atoms with Gasteiger partial charge >= 0.3 is 5.97 Å². The molecule has 20 nitrogen and oxygen atoms in total. The third-order valence-corrected chi connectivity index (χ3v) is 12.7. The van der Waals surface area contributed by atoms with E-state index in [-0.39, 0.29) is 80.0 Å². The highest BCUT2D eigenvalue weighted by atomic mass is 16.6. The number of likely N-dealkylation sites (tertiary alicyclic amines) is 1. The van der Waals surface area contributed by atoms with Crippen molar-refractivity contribution in [2.75, 3.05) is 58.4 Å². The van der Waals surface area contributed by atoms with Crippen molar-refractivity contribution in [3.63, 3.8) is 0 Å². The number of anilines is 1. The number of carbonyl (C=O) groups excluding carboxylic acids is 7. The fourth-order valence-electron chi connectivity index (χ4n) is 7.92. The molecule has 1 aromatic carbocycles. The van der Waals surface area contributed by atoms with Gasteiger partial charge in [-0.2, -0.15) is 0 Å². The lowest BCUT2D eigenvalue weighted by Crippen LogP contribution is -2.47. The van der Waals surface area contributed by atoms with Crippen LogP contribution in [-0.2, 0) is 59.2 Å². The number of hydrogen-bond acceptors (Lipinski definition) is 15. The number of carbonyl (C=O) groups is 7. The maximum Gasteiger partial charge on any atom is 0.305 e. The van der Waals surface area contributed by atoms with Crippen molar-refractivity contribution in [1.29, 1.82) is 0 Å². The Morgan fingerprint density at radius 2 is 1.61 bits per heavy atom. The predicted octanol–water partition coefficient (Wildman–Crippen LogP) is 3.30. The van der Waals surface area contributed by atoms with Gasteiger partial charge in [-0.3, -0.25) is 38.5 Å². The number of nitrogens with two attached hydrogens (primary N) is 2. The van der Waals surface area contributed by atoms with Gasteiger partial charge in [-0.1, -0.05) is 32.9 Å². The summed E-state index contributed by atoms with van der Waals surface area (Å²) in [6.07, 6.45) is 7.75. The number of benzene rings is 1. The first kappa shape index (κ1) is 58.2. The predicted molar refractivity (Wildman–Crippen MR) is 260 cm³/mol. The SMILES string of the molecule is CCC(=O)OCc1ccc(NC(=O)C(CCCCNOC)NC(=O)COCC(=O)NCCC(C)(C)OCCC(C)(C)N(N)/C=C(\N)CNC(=O)C2CCC(CN3C(=O)CC(C(C)C)C3=O)CC2)cc1. The topological polar surface area (TPSA) is 275 Å². The van der Waals surface area contributed by atoms with E-state index in [1.165, 1.54) is 17.0 Å². The molecule has 2 atom stereocenters. The van der Waals surface area contributed by atoms with E-state index in [0.29, 0.717) is 82.6 Å². The molecule has 0 radical (unpaired) electrons. The second-order valence-electron chi connectivity index (χ2n) is 19.6. The second-order valence-corrected chi connectivity index (χ2v) is 19.6. The highest BCUT2D eigenvalue weighted by Gasteiger charge is 2.41. The molecule has 0 aromatic heterocycles. The first-order chi connectivity index (χ1) is 32.6. The fraction of sp³-hybridized carbons (Fsp3) is 0.694. The molecule has 0 bridgehead atoms. The Kier molecular flexibility index (Phi) is 24.6. The van der Waals surface area contributed by atoms with Crippen LogP contribution in [0.15, 0.2) is 36.2 Å². The van der Waals surface area contributed by atoms with Crippen LogP contribution >= 0.6 is 0 Å². The number of hydroxylamine groups is 1. The summed E-state index contributed by atoms with van der Waals surface area (Å²) in [6, 6.07) is 5.98. The minimum Gasteiger partial charge on any atom is -0.461 e. The number of nitrogens with one attached hydrogen (secondary N) is 5. The molecule has 2 unspecified atom stereocenters. The summed E-state index contributed by atoms with van der Waals surface area (Å²) in [5.74, 6) is 4.41. The van der Waals surface area contributed by atoms with E-state index in [4.69, 9.17) is 30.6 Å². The Morgan fingerprint density at radius 1 is 0.928 bits per heavy atom. The first-order valence-corrected chi connectivity index (χ1v) is 24.4. The normalized spacial score (nSPS) is 18.2. The number of nitrogens with zero attached hydrogens (tertiary/aromatic N) is 2. The molecule has 1 aliphatic carbocycles. The summed E-state index contributed by atoms with van der Waals surface area (Å²) in [5, 5.41) is 12.8. The lowest BCUT2D eigenvalue weighted by Gasteiger charge is -2.36. The fourth-order valence-corrected chi connectivity index (χ4v) is 7.92. The van der Waals surface area contributed by atoms with E-state index in [1.54, 1.807) is 37.4 Å². The molecule has 9 N–H and O–H groups in total. The van der Waals surface area contributed by atoms with Gasteiger partial charge in [0.25, 0.3) is 0 Å². The second kappa shape index (κ2) is 29.1. The number of hydrogen-bond donors (Lipinski definition) is 7. The minimum atomic E-state index is -0.866. The first-order valence-electron chi connectivity index (χ1n) is 24.4. The molecular formula is C49H81N9O11. The number of imide groups is 1. The number of esters is 1. The maximum absolute atomic E-state index is 13.2. The van der Waals surface area contributed by atoms with Crippen LogP contribution in [-0.4, -0.2) is 122 Å². The molecule has 1 saturated carbocycles. The zero-order valence-electron chi connectivity index (χ0n) is 42.2. The van der Waals surface area contributed by atoms with E-state index in [9.17, 15) is 33.6 Å². The van der Waals surface area contributed by atoms with Crippen molar-refractivity contribution >= 4 is 47.1 Å². The smallest absolute Gasteiger partial charge is 0.305 e. The van der Waals surface area contributed by atoms with E-state index >= 15 is 0 Å².